The highest BCUT2D eigenvalue weighted by Crippen LogP contribution is 2.24. The number of rotatable bonds is 3. The molecular formula is C23H20N4O2. The summed E-state index contributed by atoms with van der Waals surface area (Å²) in [6.45, 7) is 1.18. The van der Waals surface area contributed by atoms with Crippen LogP contribution in [0.3, 0.4) is 0 Å². The highest BCUT2D eigenvalue weighted by molar-refractivity contribution is 5.94. The number of anilines is 1. The first-order chi connectivity index (χ1) is 14.1. The molecule has 1 N–H and O–H groups in total. The highest BCUT2D eigenvalue weighted by atomic mass is 16.2. The molecule has 0 fully saturated rings. The summed E-state index contributed by atoms with van der Waals surface area (Å²) in [6.07, 6.45) is 8.92. The molecule has 0 saturated carbocycles. The number of hydrogen-bond donors (Lipinski definition) is 1. The van der Waals surface area contributed by atoms with E-state index in [1.807, 2.05) is 24.3 Å². The minimum atomic E-state index is -0.0444. The van der Waals surface area contributed by atoms with Crippen molar-refractivity contribution in [2.75, 3.05) is 18.4 Å². The molecule has 0 aliphatic carbocycles. The number of carbonyl (C=O) groups is 2. The van der Waals surface area contributed by atoms with Crippen molar-refractivity contribution >= 4 is 29.3 Å². The smallest absolute Gasteiger partial charge is 0.246 e. The molecule has 0 bridgehead atoms. The third-order valence-electron chi connectivity index (χ3n) is 5.17. The number of nitriles is 1. The van der Waals surface area contributed by atoms with Crippen molar-refractivity contribution in [1.82, 2.24) is 9.88 Å². The van der Waals surface area contributed by atoms with Crippen LogP contribution >= 0.6 is 0 Å². The molecule has 29 heavy (non-hydrogen) atoms. The number of benzene rings is 1. The van der Waals surface area contributed by atoms with Crippen LogP contribution in [0.25, 0.3) is 11.6 Å². The molecule has 0 atom stereocenters. The molecule has 1 aromatic carbocycles. The second kappa shape index (κ2) is 8.11. The number of carbonyl (C=O) groups excluding carboxylic acids is 2. The first-order valence-corrected chi connectivity index (χ1v) is 9.58. The van der Waals surface area contributed by atoms with Crippen LogP contribution in [0.2, 0.25) is 0 Å². The molecule has 3 heterocycles. The molecule has 0 spiro atoms. The maximum absolute atomic E-state index is 12.5. The van der Waals surface area contributed by atoms with Gasteiger partial charge in [0.15, 0.2) is 0 Å². The minimum absolute atomic E-state index is 0.0136. The van der Waals surface area contributed by atoms with Crippen LogP contribution in [-0.2, 0) is 16.0 Å². The third-order valence-corrected chi connectivity index (χ3v) is 5.17. The fourth-order valence-corrected chi connectivity index (χ4v) is 3.56. The van der Waals surface area contributed by atoms with E-state index >= 15 is 0 Å². The van der Waals surface area contributed by atoms with E-state index in [1.165, 1.54) is 0 Å². The number of pyridine rings is 1. The van der Waals surface area contributed by atoms with Crippen molar-refractivity contribution in [3.8, 4) is 6.07 Å². The normalized spacial score (nSPS) is 16.0. The number of amides is 2. The molecule has 2 aromatic rings. The summed E-state index contributed by atoms with van der Waals surface area (Å²) >= 11 is 0. The van der Waals surface area contributed by atoms with E-state index in [0.717, 1.165) is 28.7 Å². The van der Waals surface area contributed by atoms with Gasteiger partial charge in [0.25, 0.3) is 0 Å². The Morgan fingerprint density at radius 2 is 2.14 bits per heavy atom. The number of hydrogen-bond acceptors (Lipinski definition) is 4. The van der Waals surface area contributed by atoms with Crippen LogP contribution in [0, 0.1) is 11.3 Å². The van der Waals surface area contributed by atoms with Crippen LogP contribution < -0.4 is 5.32 Å². The van der Waals surface area contributed by atoms with E-state index in [2.05, 4.69) is 22.4 Å². The zero-order chi connectivity index (χ0) is 20.2. The first-order valence-electron chi connectivity index (χ1n) is 9.58. The molecule has 0 saturated heterocycles. The van der Waals surface area contributed by atoms with E-state index in [-0.39, 0.29) is 11.8 Å². The van der Waals surface area contributed by atoms with Crippen molar-refractivity contribution in [2.45, 2.75) is 19.3 Å². The molecule has 2 aliphatic rings. The van der Waals surface area contributed by atoms with Gasteiger partial charge >= 0.3 is 0 Å². The standard InChI is InChI=1S/C23H20N4O2/c24-14-16-2-1-3-19(12-16)18-8-10-27(11-9-18)22(29)7-4-17-13-20-5-6-21(28)26-23(20)25-15-17/h1-4,7-8,12-13,15H,5-6,9-11H2,(H,25,26,28)/b7-4+. The van der Waals surface area contributed by atoms with Gasteiger partial charge in [0, 0.05) is 31.8 Å². The lowest BCUT2D eigenvalue weighted by Gasteiger charge is -2.25. The Kier molecular flexibility index (Phi) is 5.21. The summed E-state index contributed by atoms with van der Waals surface area (Å²) in [5, 5.41) is 11.8. The monoisotopic (exact) mass is 384 g/mol. The van der Waals surface area contributed by atoms with E-state index in [9.17, 15) is 9.59 Å². The number of aromatic nitrogens is 1. The van der Waals surface area contributed by atoms with Crippen molar-refractivity contribution in [1.29, 1.82) is 5.26 Å². The molecule has 0 radical (unpaired) electrons. The van der Waals surface area contributed by atoms with Gasteiger partial charge in [-0.3, -0.25) is 9.59 Å². The lowest BCUT2D eigenvalue weighted by Crippen LogP contribution is -2.33. The lowest BCUT2D eigenvalue weighted by atomic mass is 9.98. The van der Waals surface area contributed by atoms with Crippen LogP contribution in [0.1, 0.15) is 35.1 Å². The van der Waals surface area contributed by atoms with Crippen LogP contribution in [0.4, 0.5) is 5.82 Å². The van der Waals surface area contributed by atoms with Crippen LogP contribution in [-0.4, -0.2) is 34.8 Å². The van der Waals surface area contributed by atoms with E-state index in [4.69, 9.17) is 5.26 Å². The third kappa shape index (κ3) is 4.25. The average Bonchev–Trinajstić information content (AvgIpc) is 2.77. The predicted octanol–water partition coefficient (Wildman–Crippen LogP) is 3.17. The van der Waals surface area contributed by atoms with Gasteiger partial charge in [-0.25, -0.2) is 4.98 Å². The molecule has 144 valence electrons. The van der Waals surface area contributed by atoms with Crippen LogP contribution in [0.5, 0.6) is 0 Å². The molecule has 1 aromatic heterocycles. The Morgan fingerprint density at radius 1 is 1.24 bits per heavy atom. The molecule has 2 aliphatic heterocycles. The van der Waals surface area contributed by atoms with Gasteiger partial charge in [-0.1, -0.05) is 18.2 Å². The number of fused-ring (bicyclic) bond motifs is 1. The Morgan fingerprint density at radius 3 is 2.93 bits per heavy atom. The fraction of sp³-hybridized carbons (Fsp3) is 0.217. The van der Waals surface area contributed by atoms with Gasteiger partial charge in [-0.05, 0) is 59.4 Å². The van der Waals surface area contributed by atoms with Gasteiger partial charge < -0.3 is 10.2 Å². The van der Waals surface area contributed by atoms with E-state index in [1.54, 1.807) is 29.3 Å². The molecule has 6 heteroatoms. The summed E-state index contributed by atoms with van der Waals surface area (Å²) in [4.78, 5) is 30.0. The predicted molar refractivity (Wildman–Crippen MR) is 111 cm³/mol. The summed E-state index contributed by atoms with van der Waals surface area (Å²) in [6, 6.07) is 11.7. The van der Waals surface area contributed by atoms with Gasteiger partial charge in [-0.2, -0.15) is 5.26 Å². The zero-order valence-corrected chi connectivity index (χ0v) is 15.9. The van der Waals surface area contributed by atoms with E-state index < -0.39 is 0 Å². The van der Waals surface area contributed by atoms with Gasteiger partial charge in [0.1, 0.15) is 5.82 Å². The molecular weight excluding hydrogens is 364 g/mol. The maximum Gasteiger partial charge on any atom is 0.246 e. The SMILES string of the molecule is N#Cc1cccc(C2=CCN(C(=O)/C=C/c3cnc4c(c3)CCC(=O)N4)CC2)c1. The Hall–Kier alpha value is -3.72. The average molecular weight is 384 g/mol. The second-order valence-electron chi connectivity index (χ2n) is 7.11. The summed E-state index contributed by atoms with van der Waals surface area (Å²) in [7, 11) is 0. The van der Waals surface area contributed by atoms with Gasteiger partial charge in [-0.15, -0.1) is 0 Å². The largest absolute Gasteiger partial charge is 0.335 e. The first kappa shape index (κ1) is 18.6. The molecule has 6 nitrogen and oxygen atoms in total. The van der Waals surface area contributed by atoms with Crippen molar-refractivity contribution in [3.63, 3.8) is 0 Å². The van der Waals surface area contributed by atoms with Gasteiger partial charge in [0.05, 0.1) is 11.6 Å². The zero-order valence-electron chi connectivity index (χ0n) is 15.9. The highest BCUT2D eigenvalue weighted by Gasteiger charge is 2.17. The topological polar surface area (TPSA) is 86.1 Å². The van der Waals surface area contributed by atoms with Gasteiger partial charge in [0.2, 0.25) is 11.8 Å². The molecule has 0 unspecified atom stereocenters. The second-order valence-corrected chi connectivity index (χ2v) is 7.11. The van der Waals surface area contributed by atoms with Crippen molar-refractivity contribution in [2.24, 2.45) is 0 Å². The fourth-order valence-electron chi connectivity index (χ4n) is 3.56. The summed E-state index contributed by atoms with van der Waals surface area (Å²) in [5.41, 5.74) is 4.68. The molecule has 2 amide bonds. The van der Waals surface area contributed by atoms with Crippen molar-refractivity contribution < 1.29 is 9.59 Å². The molecule has 4 rings (SSSR count). The Labute approximate surface area is 169 Å². The quantitative estimate of drug-likeness (QED) is 0.824. The van der Waals surface area contributed by atoms with Crippen molar-refractivity contribution in [3.05, 3.63) is 70.9 Å². The summed E-state index contributed by atoms with van der Waals surface area (Å²) < 4.78 is 0. The minimum Gasteiger partial charge on any atom is -0.335 e. The Bertz CT molecular complexity index is 1080. The Balaban J connectivity index is 1.40. The number of nitrogens with zero attached hydrogens (tertiary/aromatic N) is 3. The maximum atomic E-state index is 12.5. The van der Waals surface area contributed by atoms with Crippen LogP contribution in [0.15, 0.2) is 48.7 Å². The summed E-state index contributed by atoms with van der Waals surface area (Å²) in [5.74, 6) is 0.552. The van der Waals surface area contributed by atoms with E-state index in [0.29, 0.717) is 37.3 Å². The number of nitrogens with one attached hydrogen (secondary N) is 1. The number of aryl methyl sites for hydroxylation is 1. The lowest BCUT2D eigenvalue weighted by molar-refractivity contribution is -0.125.